The first-order valence-electron chi connectivity index (χ1n) is 7.68. The smallest absolute Gasteiger partial charge is 0.340 e. The van der Waals surface area contributed by atoms with E-state index in [4.69, 9.17) is 10.2 Å². The fourth-order valence-electron chi connectivity index (χ4n) is 2.41. The van der Waals surface area contributed by atoms with Crippen LogP contribution in [0.2, 0.25) is 0 Å². The van der Waals surface area contributed by atoms with Crippen molar-refractivity contribution in [2.45, 2.75) is 29.3 Å². The molecule has 4 unspecified atom stereocenters. The minimum Gasteiger partial charge on any atom is -0.480 e. The van der Waals surface area contributed by atoms with Crippen LogP contribution < -0.4 is 0 Å². The van der Waals surface area contributed by atoms with E-state index >= 15 is 0 Å². The minimum atomic E-state index is -2.75. The van der Waals surface area contributed by atoms with Gasteiger partial charge in [-0.25, -0.2) is 13.5 Å². The highest BCUT2D eigenvalue weighted by atomic mass is 32.2. The van der Waals surface area contributed by atoms with Crippen LogP contribution in [0, 0.1) is 0 Å². The number of rotatable bonds is 9. The molecule has 8 nitrogen and oxygen atoms in total. The number of aliphatic carboxylic acids is 3. The molecule has 0 aromatic heterocycles. The summed E-state index contributed by atoms with van der Waals surface area (Å²) in [5.41, 5.74) is 0.690. The van der Waals surface area contributed by atoms with Gasteiger partial charge in [-0.3, -0.25) is 14.4 Å². The number of carboxylic acid groups (broad SMARTS) is 3. The van der Waals surface area contributed by atoms with Gasteiger partial charge in [0.05, 0.1) is 0 Å². The highest BCUT2D eigenvalue weighted by molar-refractivity contribution is 8.03. The molecule has 1 aliphatic heterocycles. The highest BCUT2D eigenvalue weighted by Crippen LogP contribution is 2.39. The van der Waals surface area contributed by atoms with E-state index in [0.29, 0.717) is 5.56 Å². The number of nitrogens with zero attached hydrogens (tertiary/aromatic N) is 1. The van der Waals surface area contributed by atoms with Gasteiger partial charge < -0.3 is 15.3 Å². The number of thioether (sulfide) groups is 1. The van der Waals surface area contributed by atoms with Gasteiger partial charge >= 0.3 is 17.9 Å². The number of ketones is 1. The van der Waals surface area contributed by atoms with Crippen LogP contribution in [0.15, 0.2) is 30.3 Å². The Bertz CT molecular complexity index is 733. The summed E-state index contributed by atoms with van der Waals surface area (Å²) >= 11 is 1.24. The lowest BCUT2D eigenvalue weighted by atomic mass is 10.1. The lowest BCUT2D eigenvalue weighted by molar-refractivity contribution is -0.148. The number of benzene rings is 1. The molecular weight excluding hydrogens is 401 g/mol. The molecule has 0 spiro atoms. The Morgan fingerprint density at radius 2 is 1.78 bits per heavy atom. The van der Waals surface area contributed by atoms with Gasteiger partial charge in [0, 0.05) is 12.2 Å². The zero-order valence-electron chi connectivity index (χ0n) is 13.7. The molecule has 1 fully saturated rings. The predicted octanol–water partition coefficient (Wildman–Crippen LogP) is 1.15. The van der Waals surface area contributed by atoms with Crippen LogP contribution in [-0.4, -0.2) is 71.9 Å². The Morgan fingerprint density at radius 1 is 1.15 bits per heavy atom. The number of hydrogen-bond acceptors (Lipinski definition) is 7. The molecule has 0 saturated carbocycles. The van der Waals surface area contributed by atoms with Crippen molar-refractivity contribution < 1.29 is 38.9 Å². The van der Waals surface area contributed by atoms with Crippen LogP contribution in [0.5, 0.6) is 0 Å². The summed E-state index contributed by atoms with van der Waals surface area (Å²) < 4.78 is 14.8. The van der Waals surface area contributed by atoms with Gasteiger partial charge in [-0.05, 0) is 5.56 Å². The summed E-state index contributed by atoms with van der Waals surface area (Å²) in [6, 6.07) is 7.42. The van der Waals surface area contributed by atoms with Gasteiger partial charge in [-0.15, -0.1) is 11.8 Å². The first kappa shape index (κ1) is 21.2. The largest absolute Gasteiger partial charge is 0.480 e. The van der Waals surface area contributed by atoms with Crippen LogP contribution in [0.4, 0.5) is 4.39 Å². The third kappa shape index (κ3) is 5.21. The third-order valence-corrected chi connectivity index (χ3v) is 6.54. The van der Waals surface area contributed by atoms with Gasteiger partial charge in [-0.1, -0.05) is 42.3 Å². The molecule has 146 valence electrons. The maximum Gasteiger partial charge on any atom is 0.340 e. The first-order valence-corrected chi connectivity index (χ1v) is 9.56. The number of Topliss-reactive ketones (excluding diaryl/α,β-unsaturated/α-hetero) is 1. The van der Waals surface area contributed by atoms with Gasteiger partial charge in [0.2, 0.25) is 6.17 Å². The van der Waals surface area contributed by atoms with E-state index in [1.807, 2.05) is 0 Å². The predicted molar refractivity (Wildman–Crippen MR) is 96.2 cm³/mol. The quantitative estimate of drug-likeness (QED) is 0.503. The Morgan fingerprint density at radius 3 is 2.30 bits per heavy atom. The number of alkyl halides is 1. The van der Waals surface area contributed by atoms with E-state index < -0.39 is 40.7 Å². The Kier molecular flexibility index (Phi) is 7.22. The summed E-state index contributed by atoms with van der Waals surface area (Å²) in [4.78, 5) is 46.2. The highest BCUT2D eigenvalue weighted by Gasteiger charge is 2.47. The topological polar surface area (TPSA) is 132 Å². The number of hydrogen-bond donors (Lipinski definition) is 3. The summed E-state index contributed by atoms with van der Waals surface area (Å²) in [6.45, 7) is 0. The molecule has 1 saturated heterocycles. The maximum absolute atomic E-state index is 13.8. The van der Waals surface area contributed by atoms with E-state index in [2.05, 4.69) is 0 Å². The van der Waals surface area contributed by atoms with E-state index in [1.165, 1.54) is 0 Å². The number of carbonyl (C=O) groups is 4. The van der Waals surface area contributed by atoms with Crippen molar-refractivity contribution in [1.82, 2.24) is 4.31 Å². The Balaban J connectivity index is 2.23. The van der Waals surface area contributed by atoms with Crippen molar-refractivity contribution >= 4 is 47.4 Å². The van der Waals surface area contributed by atoms with Crippen molar-refractivity contribution in [3.63, 3.8) is 0 Å². The van der Waals surface area contributed by atoms with E-state index in [1.54, 1.807) is 30.3 Å². The fraction of sp³-hybridized carbons (Fsp3) is 0.375. The summed E-state index contributed by atoms with van der Waals surface area (Å²) in [5, 5.41) is 24.1. The van der Waals surface area contributed by atoms with Gasteiger partial charge in [0.25, 0.3) is 0 Å². The molecule has 0 amide bonds. The van der Waals surface area contributed by atoms with Crippen molar-refractivity contribution in [2.24, 2.45) is 0 Å². The summed E-state index contributed by atoms with van der Waals surface area (Å²) in [7, 11) is 0. The Labute approximate surface area is 161 Å². The molecule has 2 rings (SSSR count). The number of carboxylic acids is 3. The number of halogens is 1. The summed E-state index contributed by atoms with van der Waals surface area (Å²) in [6.07, 6.45) is -2.77. The summed E-state index contributed by atoms with van der Waals surface area (Å²) in [5.74, 6) is -5.41. The normalized spacial score (nSPS) is 22.1. The molecule has 0 aliphatic carbocycles. The lowest BCUT2D eigenvalue weighted by Crippen LogP contribution is -2.45. The molecule has 11 heteroatoms. The van der Waals surface area contributed by atoms with Crippen LogP contribution in [0.1, 0.15) is 5.56 Å². The monoisotopic (exact) mass is 417 g/mol. The van der Waals surface area contributed by atoms with Crippen LogP contribution >= 0.6 is 23.7 Å². The molecule has 1 aliphatic rings. The molecular formula is C16H16FNO7S2. The second-order valence-corrected chi connectivity index (χ2v) is 7.89. The average molecular weight is 417 g/mol. The standard InChI is InChI=1S/C16H16FNO7S2/c17-11(15(22)23)12(16(24)25)27-18-9(14(20)21)7-26-13(18)10(19)6-8-4-2-1-3-5-8/h1-5,9,11-13H,6-7H2,(H,20,21)(H,22,23)(H,24,25). The van der Waals surface area contributed by atoms with E-state index in [-0.39, 0.29) is 29.9 Å². The minimum absolute atomic E-state index is 0.0100. The number of carbonyl (C=O) groups excluding carboxylic acids is 1. The average Bonchev–Trinajstić information content (AvgIpc) is 3.03. The Hall–Kier alpha value is -2.11. The zero-order valence-corrected chi connectivity index (χ0v) is 15.4. The van der Waals surface area contributed by atoms with E-state index in [9.17, 15) is 28.7 Å². The van der Waals surface area contributed by atoms with Crippen LogP contribution in [-0.2, 0) is 25.6 Å². The van der Waals surface area contributed by atoms with Crippen molar-refractivity contribution in [2.75, 3.05) is 5.75 Å². The second-order valence-electron chi connectivity index (χ2n) is 5.63. The first-order chi connectivity index (χ1) is 12.7. The molecule has 3 N–H and O–H groups in total. The molecule has 1 heterocycles. The van der Waals surface area contributed by atoms with Crippen molar-refractivity contribution in [1.29, 1.82) is 0 Å². The zero-order chi connectivity index (χ0) is 20.1. The molecule has 27 heavy (non-hydrogen) atoms. The van der Waals surface area contributed by atoms with Crippen LogP contribution in [0.3, 0.4) is 0 Å². The van der Waals surface area contributed by atoms with Crippen LogP contribution in [0.25, 0.3) is 0 Å². The molecule has 0 bridgehead atoms. The molecule has 1 aromatic rings. The van der Waals surface area contributed by atoms with Gasteiger partial charge in [-0.2, -0.15) is 0 Å². The lowest BCUT2D eigenvalue weighted by Gasteiger charge is -2.28. The molecule has 4 atom stereocenters. The van der Waals surface area contributed by atoms with Gasteiger partial charge in [0.1, 0.15) is 11.4 Å². The van der Waals surface area contributed by atoms with Crippen molar-refractivity contribution in [3.8, 4) is 0 Å². The fourth-order valence-corrected chi connectivity index (χ4v) is 5.18. The molecule has 1 aromatic carbocycles. The van der Waals surface area contributed by atoms with Gasteiger partial charge in [0.15, 0.2) is 11.0 Å². The maximum atomic E-state index is 13.8. The second kappa shape index (κ2) is 9.20. The molecule has 0 radical (unpaired) electrons. The van der Waals surface area contributed by atoms with Crippen molar-refractivity contribution in [3.05, 3.63) is 35.9 Å². The van der Waals surface area contributed by atoms with E-state index in [0.717, 1.165) is 16.1 Å². The SMILES string of the molecule is O=C(O)C(F)C(SN1C(C(=O)O)CSC1C(=O)Cc1ccccc1)C(=O)O. The third-order valence-electron chi connectivity index (χ3n) is 3.71.